The molecule has 4 nitrogen and oxygen atoms in total. The van der Waals surface area contributed by atoms with Crippen LogP contribution in [0.15, 0.2) is 60.9 Å². The van der Waals surface area contributed by atoms with E-state index < -0.39 is 5.97 Å². The topological polar surface area (TPSA) is 53.4 Å². The van der Waals surface area contributed by atoms with Crippen molar-refractivity contribution in [3.8, 4) is 11.1 Å². The molecule has 0 amide bonds. The fourth-order valence-corrected chi connectivity index (χ4v) is 4.46. The minimum absolute atomic E-state index is 0.294. The number of aryl methyl sites for hydroxylation is 2. The van der Waals surface area contributed by atoms with Gasteiger partial charge in [0, 0.05) is 25.0 Å². The molecule has 1 aromatic heterocycles. The Kier molecular flexibility index (Phi) is 5.45. The molecule has 4 heteroatoms. The lowest BCUT2D eigenvalue weighted by Gasteiger charge is -2.20. The largest absolute Gasteiger partial charge is 0.478 e. The first-order valence-corrected chi connectivity index (χ1v) is 10.2. The molecule has 2 aromatic carbocycles. The van der Waals surface area contributed by atoms with Gasteiger partial charge in [0.15, 0.2) is 0 Å². The average Bonchev–Trinajstić information content (AvgIpc) is 3.06. The first-order chi connectivity index (χ1) is 14.1. The molecule has 3 aromatic rings. The Morgan fingerprint density at radius 2 is 2.00 bits per heavy atom. The summed E-state index contributed by atoms with van der Waals surface area (Å²) in [5, 5.41) is 9.41. The molecule has 0 spiro atoms. The second kappa shape index (κ2) is 8.18. The molecule has 148 valence electrons. The minimum atomic E-state index is -0.887. The summed E-state index contributed by atoms with van der Waals surface area (Å²) in [5.74, 6) is -0.887. The van der Waals surface area contributed by atoms with E-state index in [2.05, 4.69) is 66.3 Å². The number of carboxylic acids is 1. The second-order valence-corrected chi connectivity index (χ2v) is 7.73. The number of hydrogen-bond donors (Lipinski definition) is 1. The van der Waals surface area contributed by atoms with Crippen LogP contribution < -0.4 is 0 Å². The molecule has 0 bridgehead atoms. The van der Waals surface area contributed by atoms with Crippen molar-refractivity contribution >= 4 is 5.97 Å². The van der Waals surface area contributed by atoms with Gasteiger partial charge in [-0.2, -0.15) is 0 Å². The number of hydrogen-bond acceptors (Lipinski definition) is 3. The summed E-state index contributed by atoms with van der Waals surface area (Å²) in [6.45, 7) is 3.11. The van der Waals surface area contributed by atoms with Crippen molar-refractivity contribution in [2.75, 3.05) is 7.05 Å². The smallest absolute Gasteiger partial charge is 0.336 e. The van der Waals surface area contributed by atoms with Crippen LogP contribution in [0.2, 0.25) is 0 Å². The van der Waals surface area contributed by atoms with Crippen molar-refractivity contribution in [2.24, 2.45) is 0 Å². The van der Waals surface area contributed by atoms with Crippen molar-refractivity contribution in [3.05, 3.63) is 88.7 Å². The number of carboxylic acid groups (broad SMARTS) is 1. The van der Waals surface area contributed by atoms with E-state index >= 15 is 0 Å². The molecule has 0 unspecified atom stereocenters. The third-order valence-electron chi connectivity index (χ3n) is 5.98. The summed E-state index contributed by atoms with van der Waals surface area (Å²) in [4.78, 5) is 17.9. The number of aromatic nitrogens is 1. The van der Waals surface area contributed by atoms with Crippen molar-refractivity contribution < 1.29 is 9.90 Å². The molecular weight excluding hydrogens is 360 g/mol. The van der Waals surface area contributed by atoms with Crippen LogP contribution in [0.3, 0.4) is 0 Å². The predicted molar refractivity (Wildman–Crippen MR) is 115 cm³/mol. The van der Waals surface area contributed by atoms with Gasteiger partial charge in [0.25, 0.3) is 0 Å². The first-order valence-electron chi connectivity index (χ1n) is 10.2. The van der Waals surface area contributed by atoms with Gasteiger partial charge in [0.1, 0.15) is 0 Å². The van der Waals surface area contributed by atoms with Gasteiger partial charge >= 0.3 is 5.97 Å². The van der Waals surface area contributed by atoms with Gasteiger partial charge in [-0.05, 0) is 71.8 Å². The summed E-state index contributed by atoms with van der Waals surface area (Å²) in [7, 11) is 2.14. The summed E-state index contributed by atoms with van der Waals surface area (Å²) >= 11 is 0. The van der Waals surface area contributed by atoms with Crippen LogP contribution >= 0.6 is 0 Å². The average molecular weight is 386 g/mol. The monoisotopic (exact) mass is 386 g/mol. The van der Waals surface area contributed by atoms with Crippen molar-refractivity contribution in [1.82, 2.24) is 9.88 Å². The van der Waals surface area contributed by atoms with Crippen LogP contribution in [-0.2, 0) is 19.4 Å². The van der Waals surface area contributed by atoms with Gasteiger partial charge in [0.05, 0.1) is 5.56 Å². The molecule has 0 saturated carbocycles. The molecule has 0 radical (unpaired) electrons. The fraction of sp³-hybridized carbons (Fsp3) is 0.280. The number of benzene rings is 2. The molecule has 1 N–H and O–H groups in total. The fourth-order valence-electron chi connectivity index (χ4n) is 4.46. The van der Waals surface area contributed by atoms with Gasteiger partial charge in [-0.15, -0.1) is 0 Å². The Morgan fingerprint density at radius 3 is 2.79 bits per heavy atom. The highest BCUT2D eigenvalue weighted by Crippen LogP contribution is 2.38. The summed E-state index contributed by atoms with van der Waals surface area (Å²) in [5.41, 5.74) is 7.83. The summed E-state index contributed by atoms with van der Waals surface area (Å²) in [6, 6.07) is 17.3. The van der Waals surface area contributed by atoms with Crippen molar-refractivity contribution in [2.45, 2.75) is 38.8 Å². The van der Waals surface area contributed by atoms with Crippen LogP contribution in [0.4, 0.5) is 0 Å². The van der Waals surface area contributed by atoms with Gasteiger partial charge < -0.3 is 5.11 Å². The molecular formula is C25H26N2O2. The number of aromatic carboxylic acids is 1. The van der Waals surface area contributed by atoms with E-state index in [1.165, 1.54) is 27.8 Å². The minimum Gasteiger partial charge on any atom is -0.478 e. The normalized spacial score (nSPS) is 16.0. The summed E-state index contributed by atoms with van der Waals surface area (Å²) < 4.78 is 0. The van der Waals surface area contributed by atoms with E-state index in [4.69, 9.17) is 0 Å². The zero-order chi connectivity index (χ0) is 20.4. The molecule has 4 rings (SSSR count). The number of carbonyl (C=O) groups is 1. The van der Waals surface area contributed by atoms with Crippen LogP contribution in [0, 0.1) is 0 Å². The number of pyridine rings is 1. The van der Waals surface area contributed by atoms with Crippen molar-refractivity contribution in [3.63, 3.8) is 0 Å². The van der Waals surface area contributed by atoms with E-state index in [1.807, 2.05) is 0 Å². The number of nitrogens with zero attached hydrogens (tertiary/aromatic N) is 2. The Hall–Kier alpha value is -2.98. The zero-order valence-electron chi connectivity index (χ0n) is 16.9. The highest BCUT2D eigenvalue weighted by Gasteiger charge is 2.28. The molecule has 1 aliphatic rings. The lowest BCUT2D eigenvalue weighted by molar-refractivity contribution is 0.0695. The maximum Gasteiger partial charge on any atom is 0.336 e. The second-order valence-electron chi connectivity index (χ2n) is 7.73. The van der Waals surface area contributed by atoms with E-state index in [-0.39, 0.29) is 0 Å². The van der Waals surface area contributed by atoms with E-state index in [0.29, 0.717) is 18.0 Å². The quantitative estimate of drug-likeness (QED) is 0.638. The highest BCUT2D eigenvalue weighted by molar-refractivity contribution is 5.89. The molecule has 1 atom stereocenters. The SMILES string of the molecule is CCc1ccccc1-c1ccc2c(c1)CN(C)[C@@H]2CCc1cnccc1C(=O)O. The third kappa shape index (κ3) is 3.81. The van der Waals surface area contributed by atoms with Crippen LogP contribution in [0.25, 0.3) is 11.1 Å². The maximum atomic E-state index is 11.5. The highest BCUT2D eigenvalue weighted by atomic mass is 16.4. The number of rotatable bonds is 6. The molecule has 29 heavy (non-hydrogen) atoms. The van der Waals surface area contributed by atoms with Gasteiger partial charge in [0.2, 0.25) is 0 Å². The molecule has 1 aliphatic heterocycles. The van der Waals surface area contributed by atoms with E-state index in [1.54, 1.807) is 18.5 Å². The Labute approximate surface area is 171 Å². The van der Waals surface area contributed by atoms with Gasteiger partial charge in [-0.3, -0.25) is 9.88 Å². The lowest BCUT2D eigenvalue weighted by Crippen LogP contribution is -2.17. The molecule has 2 heterocycles. The van der Waals surface area contributed by atoms with Gasteiger partial charge in [-0.25, -0.2) is 4.79 Å². The first kappa shape index (κ1) is 19.3. The summed E-state index contributed by atoms with van der Waals surface area (Å²) in [6.07, 6.45) is 5.82. The maximum absolute atomic E-state index is 11.5. The lowest BCUT2D eigenvalue weighted by atomic mass is 9.92. The van der Waals surface area contributed by atoms with Gasteiger partial charge in [-0.1, -0.05) is 43.3 Å². The number of fused-ring (bicyclic) bond motifs is 1. The van der Waals surface area contributed by atoms with Crippen LogP contribution in [0.1, 0.15) is 52.0 Å². The zero-order valence-corrected chi connectivity index (χ0v) is 16.9. The molecule has 0 saturated heterocycles. The Balaban J connectivity index is 1.58. The predicted octanol–water partition coefficient (Wildman–Crippen LogP) is 5.13. The van der Waals surface area contributed by atoms with Crippen LogP contribution in [-0.4, -0.2) is 28.0 Å². The standard InChI is InChI=1S/C25H26N2O2/c1-3-17-6-4-5-7-21(17)18-8-10-22-20(14-18)16-27(2)24(22)11-9-19-15-26-13-12-23(19)25(28)29/h4-8,10,12-15,24H,3,9,11,16H2,1-2H3,(H,28,29)/t24-/m1/s1. The Morgan fingerprint density at radius 1 is 1.17 bits per heavy atom. The molecule has 0 aliphatic carbocycles. The third-order valence-corrected chi connectivity index (χ3v) is 5.98. The van der Waals surface area contributed by atoms with Crippen molar-refractivity contribution in [1.29, 1.82) is 0 Å². The van der Waals surface area contributed by atoms with E-state index in [9.17, 15) is 9.90 Å². The molecule has 0 fully saturated rings. The van der Waals surface area contributed by atoms with E-state index in [0.717, 1.165) is 24.9 Å². The van der Waals surface area contributed by atoms with Crippen LogP contribution in [0.5, 0.6) is 0 Å². The Bertz CT molecular complexity index is 1040.